The first-order valence-corrected chi connectivity index (χ1v) is 5.54. The van der Waals surface area contributed by atoms with Gasteiger partial charge in [-0.15, -0.1) is 0 Å². The Balaban J connectivity index is 2.38. The van der Waals surface area contributed by atoms with Gasteiger partial charge in [0.2, 0.25) is 0 Å². The Morgan fingerprint density at radius 3 is 2.69 bits per heavy atom. The van der Waals surface area contributed by atoms with Gasteiger partial charge in [0.05, 0.1) is 12.7 Å². The molecule has 0 aliphatic carbocycles. The second-order valence-electron chi connectivity index (χ2n) is 2.90. The van der Waals surface area contributed by atoms with E-state index in [0.29, 0.717) is 12.8 Å². The third-order valence-corrected chi connectivity index (χ3v) is 2.28. The summed E-state index contributed by atoms with van der Waals surface area (Å²) in [7, 11) is -4.48. The summed E-state index contributed by atoms with van der Waals surface area (Å²) in [5.74, 6) is 0. The van der Waals surface area contributed by atoms with Crippen molar-refractivity contribution < 1.29 is 28.7 Å². The number of hydrogen-bond donors (Lipinski definition) is 3. The molecule has 6 nitrogen and oxygen atoms in total. The molecule has 0 aromatic carbocycles. The fourth-order valence-electron chi connectivity index (χ4n) is 1.23. The molecule has 1 aliphatic rings. The average molecular weight is 212 g/mol. The minimum atomic E-state index is -4.48. The van der Waals surface area contributed by atoms with Crippen molar-refractivity contribution in [3.63, 3.8) is 0 Å². The van der Waals surface area contributed by atoms with Crippen LogP contribution in [0.3, 0.4) is 0 Å². The van der Waals surface area contributed by atoms with Gasteiger partial charge in [-0.25, -0.2) is 4.57 Å². The SMILES string of the molecule is O=P(O)(O)O[C@H]1CCCC(CO)O1. The molecule has 0 radical (unpaired) electrons. The van der Waals surface area contributed by atoms with Gasteiger partial charge >= 0.3 is 7.82 Å². The summed E-state index contributed by atoms with van der Waals surface area (Å²) in [4.78, 5) is 17.0. The zero-order valence-electron chi connectivity index (χ0n) is 7.00. The Kier molecular flexibility index (Phi) is 3.85. The van der Waals surface area contributed by atoms with Crippen LogP contribution in [0.1, 0.15) is 19.3 Å². The lowest BCUT2D eigenvalue weighted by molar-refractivity contribution is -0.164. The van der Waals surface area contributed by atoms with Gasteiger partial charge in [0.15, 0.2) is 6.29 Å². The highest BCUT2D eigenvalue weighted by molar-refractivity contribution is 7.46. The zero-order chi connectivity index (χ0) is 9.90. The van der Waals surface area contributed by atoms with E-state index in [2.05, 4.69) is 4.52 Å². The summed E-state index contributed by atoms with van der Waals surface area (Å²) in [6.07, 6.45) is 0.603. The van der Waals surface area contributed by atoms with Gasteiger partial charge in [-0.3, -0.25) is 4.52 Å². The summed E-state index contributed by atoms with van der Waals surface area (Å²) >= 11 is 0. The smallest absolute Gasteiger partial charge is 0.394 e. The Bertz CT molecular complexity index is 201. The third kappa shape index (κ3) is 4.17. The first-order valence-electron chi connectivity index (χ1n) is 4.01. The van der Waals surface area contributed by atoms with Crippen molar-refractivity contribution in [3.8, 4) is 0 Å². The minimum absolute atomic E-state index is 0.152. The predicted molar refractivity (Wildman–Crippen MR) is 42.7 cm³/mol. The molecular formula is C6H13O6P. The monoisotopic (exact) mass is 212 g/mol. The maximum absolute atomic E-state index is 10.4. The van der Waals surface area contributed by atoms with Gasteiger partial charge in [-0.2, -0.15) is 0 Å². The van der Waals surface area contributed by atoms with Crippen LogP contribution in [0.5, 0.6) is 0 Å². The quantitative estimate of drug-likeness (QED) is 0.569. The molecule has 0 aromatic heterocycles. The van der Waals surface area contributed by atoms with E-state index in [1.807, 2.05) is 0 Å². The van der Waals surface area contributed by atoms with E-state index in [1.165, 1.54) is 0 Å². The average Bonchev–Trinajstić information content (AvgIpc) is 2.01. The molecular weight excluding hydrogens is 199 g/mol. The fraction of sp³-hybridized carbons (Fsp3) is 1.00. The highest BCUT2D eigenvalue weighted by Gasteiger charge is 2.28. The lowest BCUT2D eigenvalue weighted by Gasteiger charge is -2.28. The molecule has 13 heavy (non-hydrogen) atoms. The number of ether oxygens (including phenoxy) is 1. The maximum Gasteiger partial charge on any atom is 0.471 e. The van der Waals surface area contributed by atoms with Gasteiger partial charge in [-0.1, -0.05) is 0 Å². The number of rotatable bonds is 3. The second kappa shape index (κ2) is 4.50. The lowest BCUT2D eigenvalue weighted by atomic mass is 10.1. The van der Waals surface area contributed by atoms with Gasteiger partial charge in [0.1, 0.15) is 0 Å². The van der Waals surface area contributed by atoms with Gasteiger partial charge < -0.3 is 19.6 Å². The van der Waals surface area contributed by atoms with Crippen LogP contribution >= 0.6 is 7.82 Å². The van der Waals surface area contributed by atoms with E-state index in [-0.39, 0.29) is 12.7 Å². The molecule has 0 bridgehead atoms. The molecule has 1 saturated heterocycles. The highest BCUT2D eigenvalue weighted by Crippen LogP contribution is 2.40. The van der Waals surface area contributed by atoms with Crippen molar-refractivity contribution >= 4 is 7.82 Å². The van der Waals surface area contributed by atoms with Crippen LogP contribution in [0.4, 0.5) is 0 Å². The van der Waals surface area contributed by atoms with Crippen LogP contribution in [-0.4, -0.2) is 33.9 Å². The van der Waals surface area contributed by atoms with Crippen LogP contribution in [-0.2, 0) is 13.8 Å². The molecule has 1 rings (SSSR count). The van der Waals surface area contributed by atoms with E-state index < -0.39 is 14.1 Å². The van der Waals surface area contributed by atoms with E-state index in [1.54, 1.807) is 0 Å². The van der Waals surface area contributed by atoms with Crippen molar-refractivity contribution in [2.24, 2.45) is 0 Å². The van der Waals surface area contributed by atoms with Crippen molar-refractivity contribution in [3.05, 3.63) is 0 Å². The zero-order valence-corrected chi connectivity index (χ0v) is 7.89. The number of aliphatic hydroxyl groups excluding tert-OH is 1. The third-order valence-electron chi connectivity index (χ3n) is 1.77. The molecule has 78 valence electrons. The van der Waals surface area contributed by atoms with Crippen LogP contribution in [0.25, 0.3) is 0 Å². The molecule has 7 heteroatoms. The second-order valence-corrected chi connectivity index (χ2v) is 4.09. The Hall–Kier alpha value is 0.0300. The van der Waals surface area contributed by atoms with Crippen LogP contribution in [0, 0.1) is 0 Å². The molecule has 0 saturated carbocycles. The summed E-state index contributed by atoms with van der Waals surface area (Å²) in [5.41, 5.74) is 0. The van der Waals surface area contributed by atoms with Crippen molar-refractivity contribution in [1.29, 1.82) is 0 Å². The largest absolute Gasteiger partial charge is 0.471 e. The number of hydrogen-bond acceptors (Lipinski definition) is 4. The molecule has 1 aliphatic heterocycles. The lowest BCUT2D eigenvalue weighted by Crippen LogP contribution is -2.31. The van der Waals surface area contributed by atoms with Gasteiger partial charge in [0, 0.05) is 0 Å². The van der Waals surface area contributed by atoms with Crippen molar-refractivity contribution in [2.45, 2.75) is 31.7 Å². The Morgan fingerprint density at radius 2 is 2.15 bits per heavy atom. The van der Waals surface area contributed by atoms with Crippen LogP contribution in [0.2, 0.25) is 0 Å². The van der Waals surface area contributed by atoms with Crippen LogP contribution in [0.15, 0.2) is 0 Å². The summed E-state index contributed by atoms with van der Waals surface area (Å²) in [5, 5.41) is 8.73. The summed E-state index contributed by atoms with van der Waals surface area (Å²) in [6.45, 7) is -0.152. The van der Waals surface area contributed by atoms with Crippen LogP contribution < -0.4 is 0 Å². The highest BCUT2D eigenvalue weighted by atomic mass is 31.2. The number of aliphatic hydroxyl groups is 1. The molecule has 2 atom stereocenters. The van der Waals surface area contributed by atoms with E-state index in [9.17, 15) is 4.57 Å². The molecule has 1 unspecified atom stereocenters. The first-order chi connectivity index (χ1) is 6.01. The van der Waals surface area contributed by atoms with Gasteiger partial charge in [0.25, 0.3) is 0 Å². The topological polar surface area (TPSA) is 96.2 Å². The number of phosphoric ester groups is 1. The molecule has 0 aromatic rings. The summed E-state index contributed by atoms with van der Waals surface area (Å²) in [6, 6.07) is 0. The normalized spacial score (nSPS) is 30.4. The molecule has 3 N–H and O–H groups in total. The standard InChI is InChI=1S/C6H13O6P/c7-4-5-2-1-3-6(11-5)12-13(8,9)10/h5-7H,1-4H2,(H2,8,9,10)/t5?,6-/m0/s1. The Morgan fingerprint density at radius 1 is 1.46 bits per heavy atom. The minimum Gasteiger partial charge on any atom is -0.394 e. The van der Waals surface area contributed by atoms with Crippen molar-refractivity contribution in [1.82, 2.24) is 0 Å². The van der Waals surface area contributed by atoms with E-state index in [4.69, 9.17) is 19.6 Å². The molecule has 0 amide bonds. The van der Waals surface area contributed by atoms with Gasteiger partial charge in [-0.05, 0) is 19.3 Å². The van der Waals surface area contributed by atoms with E-state index in [0.717, 1.165) is 6.42 Å². The molecule has 1 heterocycles. The Labute approximate surface area is 75.7 Å². The number of phosphoric acid groups is 1. The van der Waals surface area contributed by atoms with E-state index >= 15 is 0 Å². The van der Waals surface area contributed by atoms with Crippen molar-refractivity contribution in [2.75, 3.05) is 6.61 Å². The molecule has 1 fully saturated rings. The predicted octanol–water partition coefficient (Wildman–Crippen LogP) is -0.0168. The summed E-state index contributed by atoms with van der Waals surface area (Å²) < 4.78 is 19.8. The fourth-order valence-corrected chi connectivity index (χ4v) is 1.69. The molecule has 0 spiro atoms. The first kappa shape index (κ1) is 11.1. The maximum atomic E-state index is 10.4.